The average molecular weight is 529 g/mol. The first-order valence-electron chi connectivity index (χ1n) is 12.9. The second kappa shape index (κ2) is 11.2. The van der Waals surface area contributed by atoms with E-state index in [9.17, 15) is 0 Å². The van der Waals surface area contributed by atoms with Crippen molar-refractivity contribution in [2.75, 3.05) is 18.2 Å². The van der Waals surface area contributed by atoms with Crippen LogP contribution in [0.5, 0.6) is 11.5 Å². The summed E-state index contributed by atoms with van der Waals surface area (Å²) in [4.78, 5) is 9.74. The molecule has 0 spiro atoms. The second-order valence-electron chi connectivity index (χ2n) is 9.21. The topological polar surface area (TPSA) is 100 Å². The fourth-order valence-corrected chi connectivity index (χ4v) is 4.53. The zero-order valence-electron chi connectivity index (χ0n) is 22.0. The quantitative estimate of drug-likeness (QED) is 0.228. The molecule has 0 aliphatic carbocycles. The van der Waals surface area contributed by atoms with Crippen LogP contribution in [-0.4, -0.2) is 26.9 Å². The van der Waals surface area contributed by atoms with Gasteiger partial charge < -0.3 is 20.5 Å². The molecule has 0 saturated carbocycles. The Kier molecular flexibility index (Phi) is 6.96. The number of rotatable bonds is 9. The molecule has 2 heterocycles. The number of para-hydroxylation sites is 1. The molecule has 0 amide bonds. The van der Waals surface area contributed by atoms with E-state index >= 15 is 0 Å². The number of nitrogens with zero attached hydrogens (tertiary/aromatic N) is 4. The number of aromatic nitrogens is 4. The molecule has 6 rings (SSSR count). The zero-order chi connectivity index (χ0) is 27.3. The lowest BCUT2D eigenvalue weighted by Gasteiger charge is -2.14. The highest BCUT2D eigenvalue weighted by molar-refractivity contribution is 5.99. The highest BCUT2D eigenvalue weighted by Crippen LogP contribution is 2.37. The maximum atomic E-state index is 6.49. The molecule has 2 aromatic heterocycles. The number of nitrogen functional groups attached to an aromatic ring is 1. The summed E-state index contributed by atoms with van der Waals surface area (Å²) in [6.07, 6.45) is 0. The molecule has 6 aromatic rings. The van der Waals surface area contributed by atoms with Crippen LogP contribution in [0, 0.1) is 0 Å². The number of nitrogens with two attached hydrogens (primary N) is 1. The summed E-state index contributed by atoms with van der Waals surface area (Å²) >= 11 is 0. The summed E-state index contributed by atoms with van der Waals surface area (Å²) in [6.45, 7) is 0.995. The Labute approximate surface area is 232 Å². The van der Waals surface area contributed by atoms with Crippen molar-refractivity contribution in [2.45, 2.75) is 13.2 Å². The fourth-order valence-electron chi connectivity index (χ4n) is 4.53. The van der Waals surface area contributed by atoms with E-state index < -0.39 is 0 Å². The lowest BCUT2D eigenvalue weighted by Crippen LogP contribution is -2.06. The number of nitrogens with one attached hydrogen (secondary N) is 1. The molecule has 3 N–H and O–H groups in total. The molecule has 0 bridgehead atoms. The number of methoxy groups -OCH3 is 1. The largest absolute Gasteiger partial charge is 0.493 e. The number of fused-ring (bicyclic) bond motifs is 1. The molecule has 198 valence electrons. The van der Waals surface area contributed by atoms with E-state index in [0.717, 1.165) is 22.4 Å². The van der Waals surface area contributed by atoms with Gasteiger partial charge in [-0.25, -0.2) is 9.67 Å². The molecule has 0 aliphatic rings. The third-order valence-corrected chi connectivity index (χ3v) is 6.52. The van der Waals surface area contributed by atoms with Crippen LogP contribution in [0.25, 0.3) is 28.0 Å². The number of ether oxygens (including phenoxy) is 2. The lowest BCUT2D eigenvalue weighted by atomic mass is 10.1. The molecule has 0 saturated heterocycles. The SMILES string of the molecule is COc1cc(-c2nc(NCc3ccccc3)nc3c2c(N)nn3-c2ccccc2)ccc1OCc1ccccc1. The molecular formula is C32H28N6O2. The molecule has 0 unspecified atom stereocenters. The van der Waals surface area contributed by atoms with Crippen molar-refractivity contribution in [2.24, 2.45) is 0 Å². The minimum atomic E-state index is 0.340. The molecule has 0 radical (unpaired) electrons. The molecule has 4 aromatic carbocycles. The van der Waals surface area contributed by atoms with Gasteiger partial charge in [-0.1, -0.05) is 78.9 Å². The Morgan fingerprint density at radius 3 is 2.15 bits per heavy atom. The lowest BCUT2D eigenvalue weighted by molar-refractivity contribution is 0.284. The monoisotopic (exact) mass is 528 g/mol. The normalized spacial score (nSPS) is 10.9. The van der Waals surface area contributed by atoms with Crippen LogP contribution in [0.1, 0.15) is 11.1 Å². The summed E-state index contributed by atoms with van der Waals surface area (Å²) in [6, 6.07) is 35.7. The van der Waals surface area contributed by atoms with Crippen LogP contribution in [0.3, 0.4) is 0 Å². The van der Waals surface area contributed by atoms with Gasteiger partial charge in [0.2, 0.25) is 5.95 Å². The predicted octanol–water partition coefficient (Wildman–Crippen LogP) is 6.26. The Hall–Kier alpha value is -5.37. The number of hydrogen-bond donors (Lipinski definition) is 2. The molecule has 8 heteroatoms. The Balaban J connectivity index is 1.42. The average Bonchev–Trinajstić information content (AvgIpc) is 3.36. The molecular weight excluding hydrogens is 500 g/mol. The van der Waals surface area contributed by atoms with Gasteiger partial charge in [-0.15, -0.1) is 5.10 Å². The van der Waals surface area contributed by atoms with Crippen molar-refractivity contribution in [3.05, 3.63) is 120 Å². The van der Waals surface area contributed by atoms with Gasteiger partial charge in [0, 0.05) is 12.1 Å². The first-order valence-corrected chi connectivity index (χ1v) is 12.9. The first kappa shape index (κ1) is 24.9. The number of hydrogen-bond acceptors (Lipinski definition) is 7. The molecule has 8 nitrogen and oxygen atoms in total. The van der Waals surface area contributed by atoms with Gasteiger partial charge in [0.25, 0.3) is 0 Å². The molecule has 0 aliphatic heterocycles. The van der Waals surface area contributed by atoms with Gasteiger partial charge in [-0.2, -0.15) is 4.98 Å². The Morgan fingerprint density at radius 1 is 0.775 bits per heavy atom. The highest BCUT2D eigenvalue weighted by atomic mass is 16.5. The second-order valence-corrected chi connectivity index (χ2v) is 9.21. The van der Waals surface area contributed by atoms with Gasteiger partial charge in [0.05, 0.1) is 23.9 Å². The highest BCUT2D eigenvalue weighted by Gasteiger charge is 2.20. The fraction of sp³-hybridized carbons (Fsp3) is 0.0938. The summed E-state index contributed by atoms with van der Waals surface area (Å²) in [5, 5.41) is 8.67. The van der Waals surface area contributed by atoms with Crippen molar-refractivity contribution >= 4 is 22.8 Å². The number of anilines is 2. The van der Waals surface area contributed by atoms with E-state index in [1.165, 1.54) is 0 Å². The van der Waals surface area contributed by atoms with E-state index in [0.29, 0.717) is 53.1 Å². The first-order chi connectivity index (χ1) is 19.7. The van der Waals surface area contributed by atoms with Gasteiger partial charge in [-0.3, -0.25) is 0 Å². The van der Waals surface area contributed by atoms with Crippen LogP contribution in [-0.2, 0) is 13.2 Å². The minimum Gasteiger partial charge on any atom is -0.493 e. The predicted molar refractivity (Wildman–Crippen MR) is 158 cm³/mol. The minimum absolute atomic E-state index is 0.340. The summed E-state index contributed by atoms with van der Waals surface area (Å²) in [5.41, 5.74) is 11.6. The van der Waals surface area contributed by atoms with Crippen molar-refractivity contribution in [1.82, 2.24) is 19.7 Å². The van der Waals surface area contributed by atoms with Gasteiger partial charge in [0.1, 0.15) is 6.61 Å². The standard InChI is InChI=1S/C32H28N6O2/c1-39-27-19-24(17-18-26(27)40-21-23-13-7-3-8-14-23)29-28-30(33)37-38(25-15-9-4-10-16-25)31(28)36-32(35-29)34-20-22-11-5-2-6-12-22/h2-19H,20-21H2,1H3,(H2,33,37)(H,34,35,36). The Morgan fingerprint density at radius 2 is 1.45 bits per heavy atom. The third-order valence-electron chi connectivity index (χ3n) is 6.52. The van der Waals surface area contributed by atoms with E-state index in [-0.39, 0.29) is 0 Å². The number of benzene rings is 4. The van der Waals surface area contributed by atoms with E-state index in [4.69, 9.17) is 25.2 Å². The van der Waals surface area contributed by atoms with Crippen molar-refractivity contribution < 1.29 is 9.47 Å². The summed E-state index contributed by atoms with van der Waals surface area (Å²) in [7, 11) is 1.62. The van der Waals surface area contributed by atoms with E-state index in [1.807, 2.05) is 97.1 Å². The zero-order valence-corrected chi connectivity index (χ0v) is 22.0. The van der Waals surface area contributed by atoms with Crippen LogP contribution in [0.2, 0.25) is 0 Å². The van der Waals surface area contributed by atoms with Crippen molar-refractivity contribution in [3.8, 4) is 28.4 Å². The van der Waals surface area contributed by atoms with Crippen LogP contribution in [0.15, 0.2) is 109 Å². The summed E-state index contributed by atoms with van der Waals surface area (Å²) in [5.74, 6) is 2.03. The Bertz CT molecular complexity index is 1740. The van der Waals surface area contributed by atoms with Crippen LogP contribution < -0.4 is 20.5 Å². The maximum absolute atomic E-state index is 6.49. The smallest absolute Gasteiger partial charge is 0.225 e. The van der Waals surface area contributed by atoms with Gasteiger partial charge >= 0.3 is 0 Å². The van der Waals surface area contributed by atoms with Crippen molar-refractivity contribution in [3.63, 3.8) is 0 Å². The van der Waals surface area contributed by atoms with Crippen LogP contribution >= 0.6 is 0 Å². The molecule has 0 atom stereocenters. The van der Waals surface area contributed by atoms with Gasteiger partial charge in [-0.05, 0) is 41.5 Å². The summed E-state index contributed by atoms with van der Waals surface area (Å²) < 4.78 is 13.5. The molecule has 0 fully saturated rings. The van der Waals surface area contributed by atoms with E-state index in [1.54, 1.807) is 11.8 Å². The maximum Gasteiger partial charge on any atom is 0.225 e. The molecule has 40 heavy (non-hydrogen) atoms. The third kappa shape index (κ3) is 5.15. The van der Waals surface area contributed by atoms with Gasteiger partial charge in [0.15, 0.2) is 23.0 Å². The van der Waals surface area contributed by atoms with E-state index in [2.05, 4.69) is 22.5 Å². The van der Waals surface area contributed by atoms with Crippen LogP contribution in [0.4, 0.5) is 11.8 Å². The van der Waals surface area contributed by atoms with Crippen molar-refractivity contribution in [1.29, 1.82) is 0 Å².